The Kier molecular flexibility index (Phi) is 7.24. The van der Waals surface area contributed by atoms with Crippen molar-refractivity contribution in [2.45, 2.75) is 44.3 Å². The number of halogens is 1. The van der Waals surface area contributed by atoms with E-state index in [1.807, 2.05) is 12.1 Å². The van der Waals surface area contributed by atoms with Crippen LogP contribution in [0.3, 0.4) is 0 Å². The molecule has 2 aromatic heterocycles. The Bertz CT molecular complexity index is 1350. The van der Waals surface area contributed by atoms with Crippen molar-refractivity contribution in [3.8, 4) is 0 Å². The number of nitrogens with zero attached hydrogens (tertiary/aromatic N) is 3. The van der Waals surface area contributed by atoms with Crippen LogP contribution in [0.25, 0.3) is 10.9 Å². The second kappa shape index (κ2) is 10.4. The van der Waals surface area contributed by atoms with E-state index < -0.39 is 6.04 Å². The fourth-order valence-corrected chi connectivity index (χ4v) is 6.50. The zero-order valence-corrected chi connectivity index (χ0v) is 22.7. The fourth-order valence-electron chi connectivity index (χ4n) is 5.23. The van der Waals surface area contributed by atoms with Crippen molar-refractivity contribution < 1.29 is 14.4 Å². The van der Waals surface area contributed by atoms with Crippen LogP contribution in [-0.4, -0.2) is 77.3 Å². The van der Waals surface area contributed by atoms with E-state index in [0.717, 1.165) is 41.0 Å². The molecule has 5 rings (SSSR count). The summed E-state index contributed by atoms with van der Waals surface area (Å²) in [6.45, 7) is 1.71. The number of likely N-dealkylation sites (N-methyl/N-ethyl adjacent to an activating group) is 1. The molecule has 1 aliphatic heterocycles. The Labute approximate surface area is 224 Å². The summed E-state index contributed by atoms with van der Waals surface area (Å²) >= 11 is 7.50. The lowest BCUT2D eigenvalue weighted by atomic mass is 9.80. The minimum absolute atomic E-state index is 0.0253. The van der Waals surface area contributed by atoms with E-state index in [1.54, 1.807) is 31.1 Å². The molecule has 3 aromatic rings. The highest BCUT2D eigenvalue weighted by atomic mass is 35.5. The number of fused-ring (bicyclic) bond motifs is 2. The Hall–Kier alpha value is -2.95. The molecule has 1 aliphatic carbocycles. The van der Waals surface area contributed by atoms with E-state index in [2.05, 4.69) is 32.5 Å². The molecule has 0 unspecified atom stereocenters. The lowest BCUT2D eigenvalue weighted by molar-refractivity contribution is -0.134. The molecule has 11 heteroatoms. The van der Waals surface area contributed by atoms with Gasteiger partial charge in [-0.15, -0.1) is 11.3 Å². The van der Waals surface area contributed by atoms with Gasteiger partial charge in [-0.1, -0.05) is 11.6 Å². The van der Waals surface area contributed by atoms with Crippen LogP contribution in [0, 0.1) is 5.92 Å². The Balaban J connectivity index is 1.30. The van der Waals surface area contributed by atoms with Crippen LogP contribution < -0.4 is 10.6 Å². The smallest absolute Gasteiger partial charge is 0.280 e. The molecule has 196 valence electrons. The molecule has 2 aliphatic rings. The number of nitrogens with one attached hydrogen (secondary N) is 3. The number of thiazole rings is 1. The lowest BCUT2D eigenvalue weighted by Gasteiger charge is -2.37. The van der Waals surface area contributed by atoms with Crippen molar-refractivity contribution in [3.05, 3.63) is 50.6 Å². The van der Waals surface area contributed by atoms with Crippen LogP contribution in [0.2, 0.25) is 5.02 Å². The topological polar surface area (TPSA) is 110 Å². The lowest BCUT2D eigenvalue weighted by Crippen LogP contribution is -2.53. The largest absolute Gasteiger partial charge is 0.351 e. The molecule has 9 nitrogen and oxygen atoms in total. The number of aromatic nitrogens is 2. The normalized spacial score (nSPS) is 21.9. The summed E-state index contributed by atoms with van der Waals surface area (Å²) in [6, 6.07) is 6.60. The molecule has 1 fully saturated rings. The second-order valence-corrected chi connectivity index (χ2v) is 11.7. The molecule has 3 amide bonds. The third-order valence-corrected chi connectivity index (χ3v) is 8.52. The number of aromatic amines is 1. The van der Waals surface area contributed by atoms with Gasteiger partial charge < -0.3 is 25.4 Å². The van der Waals surface area contributed by atoms with E-state index in [-0.39, 0.29) is 29.7 Å². The van der Waals surface area contributed by atoms with Crippen molar-refractivity contribution in [2.75, 3.05) is 27.7 Å². The number of hydrogen-bond acceptors (Lipinski definition) is 6. The summed E-state index contributed by atoms with van der Waals surface area (Å²) in [7, 11) is 5.51. The van der Waals surface area contributed by atoms with E-state index in [1.165, 1.54) is 11.3 Å². The summed E-state index contributed by atoms with van der Waals surface area (Å²) in [5.41, 5.74) is 2.27. The molecule has 0 radical (unpaired) electrons. The van der Waals surface area contributed by atoms with Crippen LogP contribution in [0.5, 0.6) is 0 Å². The number of carbonyl (C=O) groups excluding carboxylic acids is 3. The fraction of sp³-hybridized carbons (Fsp3) is 0.462. The molecule has 37 heavy (non-hydrogen) atoms. The summed E-state index contributed by atoms with van der Waals surface area (Å²) in [5, 5.41) is 8.07. The van der Waals surface area contributed by atoms with Gasteiger partial charge in [0, 0.05) is 66.5 Å². The summed E-state index contributed by atoms with van der Waals surface area (Å²) in [6.07, 6.45) is 2.50. The van der Waals surface area contributed by atoms with Gasteiger partial charge in [0.2, 0.25) is 5.91 Å². The molecule has 0 saturated heterocycles. The molecule has 0 spiro atoms. The highest BCUT2D eigenvalue weighted by Crippen LogP contribution is 2.29. The quantitative estimate of drug-likeness (QED) is 0.459. The van der Waals surface area contributed by atoms with Crippen molar-refractivity contribution in [2.24, 2.45) is 5.92 Å². The first-order chi connectivity index (χ1) is 17.7. The maximum atomic E-state index is 13.2. The van der Waals surface area contributed by atoms with Gasteiger partial charge in [-0.3, -0.25) is 14.4 Å². The average molecular weight is 543 g/mol. The highest BCUT2D eigenvalue weighted by molar-refractivity contribution is 7.13. The summed E-state index contributed by atoms with van der Waals surface area (Å²) in [4.78, 5) is 51.8. The number of rotatable bonds is 5. The van der Waals surface area contributed by atoms with Gasteiger partial charge in [-0.2, -0.15) is 0 Å². The van der Waals surface area contributed by atoms with Crippen LogP contribution >= 0.6 is 22.9 Å². The predicted molar refractivity (Wildman–Crippen MR) is 144 cm³/mol. The maximum absolute atomic E-state index is 13.2. The number of amides is 3. The first-order valence-electron chi connectivity index (χ1n) is 12.5. The Morgan fingerprint density at radius 3 is 2.76 bits per heavy atom. The van der Waals surface area contributed by atoms with Gasteiger partial charge >= 0.3 is 0 Å². The van der Waals surface area contributed by atoms with Crippen molar-refractivity contribution in [1.82, 2.24) is 30.4 Å². The van der Waals surface area contributed by atoms with Gasteiger partial charge in [0.1, 0.15) is 5.69 Å². The second-order valence-electron chi connectivity index (χ2n) is 10.2. The van der Waals surface area contributed by atoms with Crippen LogP contribution in [-0.2, 0) is 17.8 Å². The maximum Gasteiger partial charge on any atom is 0.280 e. The summed E-state index contributed by atoms with van der Waals surface area (Å²) < 4.78 is 0. The first kappa shape index (κ1) is 25.7. The monoisotopic (exact) mass is 542 g/mol. The summed E-state index contributed by atoms with van der Waals surface area (Å²) in [5.74, 6) is -0.870. The van der Waals surface area contributed by atoms with Crippen LogP contribution in [0.4, 0.5) is 0 Å². The standard InChI is InChI=1S/C26H31ClN6O3S/c1-32(2)26(36)17-6-5-16(28-23(34)21-11-14-10-15(27)4-7-18(14)29-21)12-20(17)30-24(35)25-31-19-8-9-33(3)13-22(19)37-25/h4,7,10-11,16-17,20,29H,5-6,8-9,12-13H2,1-3H3,(H,28,34)(H,30,35)/t16-,17-,20-/m0/s1. The van der Waals surface area contributed by atoms with Crippen LogP contribution in [0.15, 0.2) is 24.3 Å². The van der Waals surface area contributed by atoms with Gasteiger partial charge in [0.25, 0.3) is 11.8 Å². The van der Waals surface area contributed by atoms with Gasteiger partial charge in [-0.05, 0) is 50.6 Å². The van der Waals surface area contributed by atoms with E-state index >= 15 is 0 Å². The molecule has 0 bridgehead atoms. The van der Waals surface area contributed by atoms with Crippen molar-refractivity contribution >= 4 is 51.6 Å². The molecular weight excluding hydrogens is 512 g/mol. The highest BCUT2D eigenvalue weighted by Gasteiger charge is 2.38. The number of H-pyrrole nitrogens is 1. The Morgan fingerprint density at radius 1 is 1.16 bits per heavy atom. The third-order valence-electron chi connectivity index (χ3n) is 7.20. The van der Waals surface area contributed by atoms with E-state index in [9.17, 15) is 14.4 Å². The van der Waals surface area contributed by atoms with Crippen LogP contribution in [0.1, 0.15) is 50.1 Å². The average Bonchev–Trinajstić information content (AvgIpc) is 3.47. The first-order valence-corrected chi connectivity index (χ1v) is 13.7. The van der Waals surface area contributed by atoms with Gasteiger partial charge in [0.15, 0.2) is 5.01 Å². The SMILES string of the molecule is CN1CCc2nc(C(=O)N[C@H]3C[C@@H](NC(=O)c4cc5cc(Cl)ccc5[nH]4)CC[C@@H]3C(=O)N(C)C)sc2C1. The van der Waals surface area contributed by atoms with E-state index in [4.69, 9.17) is 11.6 Å². The molecule has 3 atom stereocenters. The van der Waals surface area contributed by atoms with Crippen molar-refractivity contribution in [3.63, 3.8) is 0 Å². The van der Waals surface area contributed by atoms with Gasteiger partial charge in [-0.25, -0.2) is 4.98 Å². The zero-order chi connectivity index (χ0) is 26.3. The van der Waals surface area contributed by atoms with Gasteiger partial charge in [0.05, 0.1) is 11.6 Å². The van der Waals surface area contributed by atoms with E-state index in [0.29, 0.717) is 35.0 Å². The number of benzene rings is 1. The number of carbonyl (C=O) groups is 3. The minimum Gasteiger partial charge on any atom is -0.351 e. The third kappa shape index (κ3) is 5.51. The number of hydrogen-bond donors (Lipinski definition) is 3. The molecule has 1 saturated carbocycles. The molecule has 1 aromatic carbocycles. The van der Waals surface area contributed by atoms with Crippen molar-refractivity contribution in [1.29, 1.82) is 0 Å². The predicted octanol–water partition coefficient (Wildman–Crippen LogP) is 3.05. The molecule has 3 N–H and O–H groups in total. The minimum atomic E-state index is -0.411. The zero-order valence-electron chi connectivity index (χ0n) is 21.1. The molecule has 3 heterocycles. The Morgan fingerprint density at radius 2 is 1.97 bits per heavy atom. The molecular formula is C26H31ClN6O3S.